The zero-order valence-electron chi connectivity index (χ0n) is 16.3. The molecule has 0 spiro atoms. The Labute approximate surface area is 165 Å². The van der Waals surface area contributed by atoms with E-state index in [0.717, 1.165) is 25.7 Å². The lowest BCUT2D eigenvalue weighted by molar-refractivity contribution is -0.133. The van der Waals surface area contributed by atoms with Gasteiger partial charge in [-0.15, -0.1) is 0 Å². The van der Waals surface area contributed by atoms with Gasteiger partial charge in [-0.2, -0.15) is 0 Å². The molecule has 1 heterocycles. The van der Waals surface area contributed by atoms with Crippen molar-refractivity contribution in [2.75, 3.05) is 0 Å². The minimum atomic E-state index is -0.654. The molecule has 28 heavy (non-hydrogen) atoms. The van der Waals surface area contributed by atoms with Crippen molar-refractivity contribution in [2.45, 2.75) is 95.2 Å². The van der Waals surface area contributed by atoms with Gasteiger partial charge in [0, 0.05) is 18.9 Å². The van der Waals surface area contributed by atoms with Gasteiger partial charge in [0.15, 0.2) is 0 Å². The molecule has 9 nitrogen and oxygen atoms in total. The molecule has 0 aromatic heterocycles. The lowest BCUT2D eigenvalue weighted by Gasteiger charge is -2.26. The molecule has 2 aliphatic rings. The van der Waals surface area contributed by atoms with Crippen LogP contribution in [0.5, 0.6) is 0 Å². The zero-order valence-corrected chi connectivity index (χ0v) is 16.3. The standard InChI is InChI=1S/C19H32N4O5/c24-16-12-6-10-14(21-16)19(27)22-15(9-2-1-3-11-17(25)23-28)18(26)20-13-7-4-5-8-13/h13-15,28H,1-12H2,(H,20,26)(H,21,24)(H,22,27)(H,23,25)/t14-,15-/m0/s1. The lowest BCUT2D eigenvalue weighted by Crippen LogP contribution is -2.55. The van der Waals surface area contributed by atoms with Crippen LogP contribution in [0.3, 0.4) is 0 Å². The smallest absolute Gasteiger partial charge is 0.243 e. The van der Waals surface area contributed by atoms with Crippen LogP contribution in [0.2, 0.25) is 0 Å². The van der Waals surface area contributed by atoms with E-state index in [4.69, 9.17) is 5.21 Å². The molecule has 9 heteroatoms. The van der Waals surface area contributed by atoms with Gasteiger partial charge in [0.25, 0.3) is 0 Å². The molecule has 5 N–H and O–H groups in total. The van der Waals surface area contributed by atoms with Crippen LogP contribution >= 0.6 is 0 Å². The minimum absolute atomic E-state index is 0.138. The zero-order chi connectivity index (χ0) is 20.4. The predicted molar refractivity (Wildman–Crippen MR) is 101 cm³/mol. The van der Waals surface area contributed by atoms with Crippen molar-refractivity contribution in [3.8, 4) is 0 Å². The van der Waals surface area contributed by atoms with Gasteiger partial charge >= 0.3 is 0 Å². The van der Waals surface area contributed by atoms with Crippen LogP contribution in [0.1, 0.15) is 77.0 Å². The van der Waals surface area contributed by atoms with E-state index < -0.39 is 18.0 Å². The maximum Gasteiger partial charge on any atom is 0.243 e. The first-order valence-corrected chi connectivity index (χ1v) is 10.3. The summed E-state index contributed by atoms with van der Waals surface area (Å²) < 4.78 is 0. The Morgan fingerprint density at radius 2 is 1.82 bits per heavy atom. The Kier molecular flexibility index (Phi) is 9.19. The number of hydroxylamine groups is 1. The third kappa shape index (κ3) is 7.46. The van der Waals surface area contributed by atoms with Crippen LogP contribution in [0.15, 0.2) is 0 Å². The molecule has 1 saturated heterocycles. The highest BCUT2D eigenvalue weighted by Crippen LogP contribution is 2.18. The van der Waals surface area contributed by atoms with Crippen LogP contribution in [0.25, 0.3) is 0 Å². The van der Waals surface area contributed by atoms with Gasteiger partial charge in [0.05, 0.1) is 0 Å². The van der Waals surface area contributed by atoms with Gasteiger partial charge in [-0.3, -0.25) is 24.4 Å². The maximum atomic E-state index is 12.7. The quantitative estimate of drug-likeness (QED) is 0.210. The molecular weight excluding hydrogens is 364 g/mol. The van der Waals surface area contributed by atoms with Crippen LogP contribution in [-0.2, 0) is 19.2 Å². The van der Waals surface area contributed by atoms with E-state index in [2.05, 4.69) is 16.0 Å². The normalized spacial score (nSPS) is 20.9. The highest BCUT2D eigenvalue weighted by molar-refractivity contribution is 5.92. The molecule has 2 atom stereocenters. The third-order valence-electron chi connectivity index (χ3n) is 5.40. The number of nitrogens with one attached hydrogen (secondary N) is 4. The first-order chi connectivity index (χ1) is 13.5. The van der Waals surface area contributed by atoms with Gasteiger partial charge in [0.2, 0.25) is 23.6 Å². The van der Waals surface area contributed by atoms with E-state index in [-0.39, 0.29) is 30.2 Å². The van der Waals surface area contributed by atoms with Crippen LogP contribution < -0.4 is 21.4 Å². The number of rotatable bonds is 10. The summed E-state index contributed by atoms with van der Waals surface area (Å²) in [5, 5.41) is 17.0. The minimum Gasteiger partial charge on any atom is -0.352 e. The molecule has 1 aliphatic heterocycles. The van der Waals surface area contributed by atoms with Crippen molar-refractivity contribution in [1.82, 2.24) is 21.4 Å². The second-order valence-electron chi connectivity index (χ2n) is 7.70. The summed E-state index contributed by atoms with van der Waals surface area (Å²) in [4.78, 5) is 47.8. The van der Waals surface area contributed by atoms with Crippen LogP contribution in [-0.4, -0.2) is 47.0 Å². The van der Waals surface area contributed by atoms with E-state index >= 15 is 0 Å². The topological polar surface area (TPSA) is 137 Å². The Hall–Kier alpha value is -2.16. The average molecular weight is 396 g/mol. The van der Waals surface area contributed by atoms with Gasteiger partial charge < -0.3 is 16.0 Å². The number of carbonyl (C=O) groups excluding carboxylic acids is 4. The van der Waals surface area contributed by atoms with Crippen molar-refractivity contribution in [3.63, 3.8) is 0 Å². The highest BCUT2D eigenvalue weighted by atomic mass is 16.5. The SMILES string of the molecule is O=C(CCCCC[C@H](NC(=O)[C@@H]1CCCC(=O)N1)C(=O)NC1CCCC1)NO. The Bertz CT molecular complexity index is 563. The number of piperidine rings is 1. The second-order valence-corrected chi connectivity index (χ2v) is 7.70. The summed E-state index contributed by atoms with van der Waals surface area (Å²) in [6.07, 6.45) is 8.43. The molecule has 1 aliphatic carbocycles. The first-order valence-electron chi connectivity index (χ1n) is 10.3. The summed E-state index contributed by atoms with van der Waals surface area (Å²) in [7, 11) is 0. The molecular formula is C19H32N4O5. The first kappa shape index (κ1) is 22.1. The van der Waals surface area contributed by atoms with Crippen LogP contribution in [0.4, 0.5) is 0 Å². The average Bonchev–Trinajstić information content (AvgIpc) is 3.19. The highest BCUT2D eigenvalue weighted by Gasteiger charge is 2.29. The molecule has 2 rings (SSSR count). The predicted octanol–water partition coefficient (Wildman–Crippen LogP) is 0.655. The molecule has 4 amide bonds. The maximum absolute atomic E-state index is 12.7. The van der Waals surface area contributed by atoms with Gasteiger partial charge in [-0.1, -0.05) is 25.7 Å². The number of hydrogen-bond donors (Lipinski definition) is 5. The number of unbranched alkanes of at least 4 members (excludes halogenated alkanes) is 2. The fraction of sp³-hybridized carbons (Fsp3) is 0.789. The monoisotopic (exact) mass is 396 g/mol. The summed E-state index contributed by atoms with van der Waals surface area (Å²) in [5.74, 6) is -1.08. The van der Waals surface area contributed by atoms with E-state index in [1.165, 1.54) is 0 Å². The molecule has 158 valence electrons. The summed E-state index contributed by atoms with van der Waals surface area (Å²) in [5.41, 5.74) is 1.59. The summed E-state index contributed by atoms with van der Waals surface area (Å²) >= 11 is 0. The molecule has 1 saturated carbocycles. The fourth-order valence-corrected chi connectivity index (χ4v) is 3.78. The van der Waals surface area contributed by atoms with Crippen molar-refractivity contribution in [3.05, 3.63) is 0 Å². The molecule has 0 aromatic carbocycles. The molecule has 0 aromatic rings. The Morgan fingerprint density at radius 3 is 2.50 bits per heavy atom. The summed E-state index contributed by atoms with van der Waals surface area (Å²) in [6.45, 7) is 0. The van der Waals surface area contributed by atoms with Gasteiger partial charge in [-0.25, -0.2) is 5.48 Å². The van der Waals surface area contributed by atoms with E-state index in [9.17, 15) is 19.2 Å². The van der Waals surface area contributed by atoms with Crippen molar-refractivity contribution in [1.29, 1.82) is 0 Å². The number of hydrogen-bond acceptors (Lipinski definition) is 5. The Balaban J connectivity index is 1.85. The number of amides is 4. The molecule has 2 fully saturated rings. The van der Waals surface area contributed by atoms with Crippen molar-refractivity contribution in [2.24, 2.45) is 0 Å². The molecule has 0 unspecified atom stereocenters. The third-order valence-corrected chi connectivity index (χ3v) is 5.40. The van der Waals surface area contributed by atoms with E-state index in [1.807, 2.05) is 0 Å². The summed E-state index contributed by atoms with van der Waals surface area (Å²) in [6, 6.07) is -1.08. The van der Waals surface area contributed by atoms with E-state index in [1.54, 1.807) is 5.48 Å². The largest absolute Gasteiger partial charge is 0.352 e. The molecule has 0 bridgehead atoms. The van der Waals surface area contributed by atoms with E-state index in [0.29, 0.717) is 44.9 Å². The van der Waals surface area contributed by atoms with Crippen molar-refractivity contribution < 1.29 is 24.4 Å². The van der Waals surface area contributed by atoms with Gasteiger partial charge in [0.1, 0.15) is 12.1 Å². The van der Waals surface area contributed by atoms with Gasteiger partial charge in [-0.05, 0) is 38.5 Å². The van der Waals surface area contributed by atoms with Crippen LogP contribution in [0, 0.1) is 0 Å². The lowest BCUT2D eigenvalue weighted by atomic mass is 10.0. The Morgan fingerprint density at radius 1 is 1.07 bits per heavy atom. The fourth-order valence-electron chi connectivity index (χ4n) is 3.78. The molecule has 0 radical (unpaired) electrons. The van der Waals surface area contributed by atoms with Crippen molar-refractivity contribution >= 4 is 23.6 Å². The number of carbonyl (C=O) groups is 4. The second kappa shape index (κ2) is 11.6.